The van der Waals surface area contributed by atoms with Crippen LogP contribution < -0.4 is 10.2 Å². The van der Waals surface area contributed by atoms with E-state index in [9.17, 15) is 9.18 Å². The standard InChI is InChI=1S/C20H22Cl2FN3O/c1-14(15-2-7-18(21)19(22)12-15)24-20(27)13-25-8-10-26(11-9-25)17-5-3-16(23)4-6-17/h2-7,12,14H,8-11,13H2,1H3,(H,24,27)/t14-/m1/s1. The molecule has 0 aliphatic carbocycles. The molecule has 0 unspecified atom stereocenters. The Hall–Kier alpha value is -1.82. The van der Waals surface area contributed by atoms with E-state index in [4.69, 9.17) is 23.2 Å². The Balaban J connectivity index is 1.47. The van der Waals surface area contributed by atoms with E-state index in [-0.39, 0.29) is 17.8 Å². The number of amides is 1. The van der Waals surface area contributed by atoms with Crippen LogP contribution in [0.25, 0.3) is 0 Å². The molecule has 4 nitrogen and oxygen atoms in total. The summed E-state index contributed by atoms with van der Waals surface area (Å²) in [5.74, 6) is -0.256. The molecule has 1 atom stereocenters. The number of hydrogen-bond acceptors (Lipinski definition) is 3. The summed E-state index contributed by atoms with van der Waals surface area (Å²) in [6.07, 6.45) is 0. The summed E-state index contributed by atoms with van der Waals surface area (Å²) in [6.45, 7) is 5.45. The lowest BCUT2D eigenvalue weighted by Crippen LogP contribution is -2.49. The molecule has 144 valence electrons. The van der Waals surface area contributed by atoms with E-state index < -0.39 is 0 Å². The van der Waals surface area contributed by atoms with Gasteiger partial charge in [-0.1, -0.05) is 29.3 Å². The first kappa shape index (κ1) is 19.9. The van der Waals surface area contributed by atoms with Gasteiger partial charge in [0.25, 0.3) is 0 Å². The Bertz CT molecular complexity index is 792. The molecule has 0 aromatic heterocycles. The molecule has 27 heavy (non-hydrogen) atoms. The van der Waals surface area contributed by atoms with Crippen molar-refractivity contribution >= 4 is 34.8 Å². The third-order valence-electron chi connectivity index (χ3n) is 4.75. The summed E-state index contributed by atoms with van der Waals surface area (Å²) in [7, 11) is 0. The number of benzene rings is 2. The van der Waals surface area contributed by atoms with Crippen molar-refractivity contribution in [1.29, 1.82) is 0 Å². The minimum absolute atomic E-state index is 0.0243. The van der Waals surface area contributed by atoms with Gasteiger partial charge in [-0.2, -0.15) is 0 Å². The molecule has 1 fully saturated rings. The molecule has 1 aliphatic heterocycles. The average Bonchev–Trinajstić information content (AvgIpc) is 2.65. The number of carbonyl (C=O) groups excluding carboxylic acids is 1. The van der Waals surface area contributed by atoms with Crippen molar-refractivity contribution < 1.29 is 9.18 Å². The maximum atomic E-state index is 13.0. The largest absolute Gasteiger partial charge is 0.369 e. The van der Waals surface area contributed by atoms with Crippen molar-refractivity contribution in [3.05, 3.63) is 63.9 Å². The summed E-state index contributed by atoms with van der Waals surface area (Å²) < 4.78 is 13.0. The lowest BCUT2D eigenvalue weighted by atomic mass is 10.1. The first-order valence-electron chi connectivity index (χ1n) is 8.89. The van der Waals surface area contributed by atoms with Gasteiger partial charge in [0.15, 0.2) is 0 Å². The minimum atomic E-state index is -0.231. The van der Waals surface area contributed by atoms with Crippen LogP contribution in [0.3, 0.4) is 0 Å². The van der Waals surface area contributed by atoms with Crippen LogP contribution in [0.1, 0.15) is 18.5 Å². The number of carbonyl (C=O) groups is 1. The van der Waals surface area contributed by atoms with Crippen LogP contribution in [-0.4, -0.2) is 43.5 Å². The van der Waals surface area contributed by atoms with Gasteiger partial charge in [-0.3, -0.25) is 9.69 Å². The van der Waals surface area contributed by atoms with Gasteiger partial charge in [0.1, 0.15) is 5.82 Å². The second-order valence-corrected chi connectivity index (χ2v) is 7.52. The molecule has 2 aromatic rings. The molecule has 1 aliphatic rings. The molecular weight excluding hydrogens is 388 g/mol. The monoisotopic (exact) mass is 409 g/mol. The van der Waals surface area contributed by atoms with Gasteiger partial charge in [0.05, 0.1) is 22.6 Å². The molecule has 0 saturated carbocycles. The summed E-state index contributed by atoms with van der Waals surface area (Å²) in [6, 6.07) is 11.7. The van der Waals surface area contributed by atoms with Crippen molar-refractivity contribution in [1.82, 2.24) is 10.2 Å². The predicted octanol–water partition coefficient (Wildman–Crippen LogP) is 4.13. The van der Waals surface area contributed by atoms with Crippen LogP contribution in [0.4, 0.5) is 10.1 Å². The Labute approximate surface area is 168 Å². The smallest absolute Gasteiger partial charge is 0.234 e. The highest BCUT2D eigenvalue weighted by Crippen LogP contribution is 2.25. The zero-order valence-electron chi connectivity index (χ0n) is 15.1. The Morgan fingerprint density at radius 1 is 1.07 bits per heavy atom. The van der Waals surface area contributed by atoms with Crippen LogP contribution in [0.5, 0.6) is 0 Å². The molecule has 2 aromatic carbocycles. The molecule has 1 N–H and O–H groups in total. The van der Waals surface area contributed by atoms with Gasteiger partial charge in [-0.25, -0.2) is 4.39 Å². The number of hydrogen-bond donors (Lipinski definition) is 1. The number of rotatable bonds is 5. The lowest BCUT2D eigenvalue weighted by molar-refractivity contribution is -0.123. The first-order chi connectivity index (χ1) is 12.9. The molecule has 0 radical (unpaired) electrons. The normalized spacial score (nSPS) is 16.2. The van der Waals surface area contributed by atoms with Crippen molar-refractivity contribution in [3.8, 4) is 0 Å². The second-order valence-electron chi connectivity index (χ2n) is 6.70. The van der Waals surface area contributed by atoms with Crippen LogP contribution in [0.15, 0.2) is 42.5 Å². The highest BCUT2D eigenvalue weighted by Gasteiger charge is 2.20. The predicted molar refractivity (Wildman–Crippen MR) is 108 cm³/mol. The third kappa shape index (κ3) is 5.34. The summed E-state index contributed by atoms with van der Waals surface area (Å²) >= 11 is 12.0. The van der Waals surface area contributed by atoms with Gasteiger partial charge in [-0.15, -0.1) is 0 Å². The quantitative estimate of drug-likeness (QED) is 0.805. The fraction of sp³-hybridized carbons (Fsp3) is 0.350. The zero-order valence-corrected chi connectivity index (χ0v) is 16.6. The molecule has 1 amide bonds. The number of nitrogens with one attached hydrogen (secondary N) is 1. The van der Waals surface area contributed by atoms with E-state index in [0.717, 1.165) is 37.4 Å². The summed E-state index contributed by atoms with van der Waals surface area (Å²) in [5, 5.41) is 3.98. The first-order valence-corrected chi connectivity index (χ1v) is 9.65. The molecular formula is C20H22Cl2FN3O. The highest BCUT2D eigenvalue weighted by molar-refractivity contribution is 6.42. The molecule has 3 rings (SSSR count). The average molecular weight is 410 g/mol. The van der Waals surface area contributed by atoms with E-state index in [2.05, 4.69) is 15.1 Å². The van der Waals surface area contributed by atoms with Crippen LogP contribution in [0.2, 0.25) is 10.0 Å². The molecule has 0 spiro atoms. The maximum Gasteiger partial charge on any atom is 0.234 e. The van der Waals surface area contributed by atoms with E-state index >= 15 is 0 Å². The Morgan fingerprint density at radius 2 is 1.74 bits per heavy atom. The Morgan fingerprint density at radius 3 is 2.37 bits per heavy atom. The molecule has 0 bridgehead atoms. The number of anilines is 1. The van der Waals surface area contributed by atoms with Crippen molar-refractivity contribution in [2.45, 2.75) is 13.0 Å². The summed E-state index contributed by atoms with van der Waals surface area (Å²) in [4.78, 5) is 16.7. The fourth-order valence-corrected chi connectivity index (χ4v) is 3.48. The van der Waals surface area contributed by atoms with Gasteiger partial charge in [0, 0.05) is 31.9 Å². The topological polar surface area (TPSA) is 35.6 Å². The van der Waals surface area contributed by atoms with E-state index in [1.54, 1.807) is 24.3 Å². The van der Waals surface area contributed by atoms with E-state index in [0.29, 0.717) is 16.6 Å². The van der Waals surface area contributed by atoms with Crippen molar-refractivity contribution in [2.24, 2.45) is 0 Å². The van der Waals surface area contributed by atoms with E-state index in [1.807, 2.05) is 13.0 Å². The molecule has 1 saturated heterocycles. The zero-order chi connectivity index (χ0) is 19.4. The third-order valence-corrected chi connectivity index (χ3v) is 5.49. The van der Waals surface area contributed by atoms with Crippen LogP contribution in [-0.2, 0) is 4.79 Å². The molecule has 7 heteroatoms. The SMILES string of the molecule is C[C@@H](NC(=O)CN1CCN(c2ccc(F)cc2)CC1)c1ccc(Cl)c(Cl)c1. The number of piperazine rings is 1. The van der Waals surface area contributed by atoms with Gasteiger partial charge in [-0.05, 0) is 48.9 Å². The molecule has 1 heterocycles. The van der Waals surface area contributed by atoms with Crippen molar-refractivity contribution in [2.75, 3.05) is 37.6 Å². The summed E-state index contributed by atoms with van der Waals surface area (Å²) in [5.41, 5.74) is 1.92. The Kier molecular flexibility index (Phi) is 6.58. The maximum absolute atomic E-state index is 13.0. The van der Waals surface area contributed by atoms with Gasteiger partial charge in [0.2, 0.25) is 5.91 Å². The van der Waals surface area contributed by atoms with Crippen LogP contribution >= 0.6 is 23.2 Å². The number of halogens is 3. The lowest BCUT2D eigenvalue weighted by Gasteiger charge is -2.35. The van der Waals surface area contributed by atoms with Crippen LogP contribution in [0, 0.1) is 5.82 Å². The van der Waals surface area contributed by atoms with E-state index in [1.165, 1.54) is 12.1 Å². The second kappa shape index (κ2) is 8.91. The van der Waals surface area contributed by atoms with Crippen molar-refractivity contribution in [3.63, 3.8) is 0 Å². The highest BCUT2D eigenvalue weighted by atomic mass is 35.5. The van der Waals surface area contributed by atoms with Gasteiger partial charge < -0.3 is 10.2 Å². The number of nitrogens with zero attached hydrogens (tertiary/aromatic N) is 2. The fourth-order valence-electron chi connectivity index (χ4n) is 3.17. The van der Waals surface area contributed by atoms with Gasteiger partial charge >= 0.3 is 0 Å². The minimum Gasteiger partial charge on any atom is -0.369 e.